The van der Waals surface area contributed by atoms with Gasteiger partial charge in [0.2, 0.25) is 0 Å². The van der Waals surface area contributed by atoms with Gasteiger partial charge in [-0.05, 0) is 37.6 Å². The molecule has 3 N–H and O–H groups in total. The average Bonchev–Trinajstić information content (AvgIpc) is 2.65. The molecule has 82 valence electrons. The number of anilines is 1. The first-order valence-corrected chi connectivity index (χ1v) is 6.15. The summed E-state index contributed by atoms with van der Waals surface area (Å²) in [7, 11) is 0. The highest BCUT2D eigenvalue weighted by Gasteiger charge is 2.14. The van der Waals surface area contributed by atoms with Gasteiger partial charge in [0.25, 0.3) is 0 Å². The summed E-state index contributed by atoms with van der Waals surface area (Å²) in [5, 5.41) is 3.41. The van der Waals surface area contributed by atoms with Gasteiger partial charge in [-0.25, -0.2) is 4.39 Å². The minimum atomic E-state index is -0.253. The number of halogens is 1. The maximum atomic E-state index is 13.0. The van der Waals surface area contributed by atoms with Gasteiger partial charge in [-0.2, -0.15) is 0 Å². The van der Waals surface area contributed by atoms with Crippen molar-refractivity contribution >= 4 is 17.4 Å². The van der Waals surface area contributed by atoms with Crippen molar-refractivity contribution in [3.8, 4) is 0 Å². The smallest absolute Gasteiger partial charge is 0.126 e. The van der Waals surface area contributed by atoms with Gasteiger partial charge >= 0.3 is 0 Å². The summed E-state index contributed by atoms with van der Waals surface area (Å²) < 4.78 is 13.0. The van der Waals surface area contributed by atoms with Gasteiger partial charge in [0.1, 0.15) is 5.82 Å². The van der Waals surface area contributed by atoms with Crippen LogP contribution in [0.4, 0.5) is 10.1 Å². The highest BCUT2D eigenvalue weighted by Crippen LogP contribution is 2.24. The van der Waals surface area contributed by atoms with Gasteiger partial charge in [-0.1, -0.05) is 0 Å². The number of nitrogens with one attached hydrogen (secondary N) is 1. The molecule has 2 rings (SSSR count). The molecule has 0 saturated carbocycles. The third-order valence-corrected chi connectivity index (χ3v) is 3.65. The second kappa shape index (κ2) is 4.86. The molecule has 1 fully saturated rings. The van der Waals surface area contributed by atoms with E-state index in [-0.39, 0.29) is 5.82 Å². The lowest BCUT2D eigenvalue weighted by Crippen LogP contribution is -2.23. The molecular formula is C11H15FN2S. The van der Waals surface area contributed by atoms with E-state index in [4.69, 9.17) is 5.73 Å². The Morgan fingerprint density at radius 1 is 1.47 bits per heavy atom. The summed E-state index contributed by atoms with van der Waals surface area (Å²) in [5.74, 6) is 0.736. The molecule has 1 saturated heterocycles. The van der Waals surface area contributed by atoms with Crippen LogP contribution < -0.4 is 11.1 Å². The molecule has 0 spiro atoms. The number of thioether (sulfide) groups is 1. The molecule has 1 aromatic rings. The van der Waals surface area contributed by atoms with Gasteiger partial charge in [-0.15, -0.1) is 11.8 Å². The van der Waals surface area contributed by atoms with Crippen LogP contribution in [-0.2, 0) is 0 Å². The average molecular weight is 226 g/mol. The molecule has 0 aromatic heterocycles. The van der Waals surface area contributed by atoms with Crippen LogP contribution in [0.2, 0.25) is 0 Å². The molecule has 0 bridgehead atoms. The molecule has 2 nitrogen and oxygen atoms in total. The number of nitrogens with two attached hydrogens (primary N) is 1. The fraction of sp³-hybridized carbons (Fsp3) is 0.455. The molecular weight excluding hydrogens is 211 g/mol. The maximum Gasteiger partial charge on any atom is 0.126 e. The zero-order valence-electron chi connectivity index (χ0n) is 8.50. The minimum Gasteiger partial charge on any atom is -0.399 e. The van der Waals surface area contributed by atoms with Gasteiger partial charge < -0.3 is 11.1 Å². The number of rotatable bonds is 3. The lowest BCUT2D eigenvalue weighted by Gasteiger charge is -2.09. The standard InChI is InChI=1S/C11H15FN2S/c12-8-4-9(13)6-11(5-8)15-7-10-2-1-3-14-10/h4-6,10,14H,1-3,7,13H2/t10-/m1/s1. The van der Waals surface area contributed by atoms with Gasteiger partial charge in [0.05, 0.1) is 0 Å². The van der Waals surface area contributed by atoms with Crippen LogP contribution in [0.1, 0.15) is 12.8 Å². The van der Waals surface area contributed by atoms with Crippen molar-refractivity contribution < 1.29 is 4.39 Å². The molecule has 0 unspecified atom stereocenters. The number of nitrogen functional groups attached to an aromatic ring is 1. The first kappa shape index (κ1) is 10.8. The molecule has 15 heavy (non-hydrogen) atoms. The monoisotopic (exact) mass is 226 g/mol. The van der Waals surface area contributed by atoms with Gasteiger partial charge in [-0.3, -0.25) is 0 Å². The molecule has 0 amide bonds. The van der Waals surface area contributed by atoms with E-state index in [1.807, 2.05) is 6.07 Å². The topological polar surface area (TPSA) is 38.0 Å². The second-order valence-electron chi connectivity index (χ2n) is 3.82. The van der Waals surface area contributed by atoms with E-state index in [2.05, 4.69) is 5.32 Å². The second-order valence-corrected chi connectivity index (χ2v) is 4.92. The zero-order chi connectivity index (χ0) is 10.7. The first-order valence-electron chi connectivity index (χ1n) is 5.16. The summed E-state index contributed by atoms with van der Waals surface area (Å²) >= 11 is 1.66. The fourth-order valence-electron chi connectivity index (χ4n) is 1.76. The molecule has 1 aliphatic rings. The van der Waals surface area contributed by atoms with Crippen molar-refractivity contribution in [1.82, 2.24) is 5.32 Å². The Hall–Kier alpha value is -0.740. The highest BCUT2D eigenvalue weighted by atomic mass is 32.2. The van der Waals surface area contributed by atoms with Crippen molar-refractivity contribution in [3.05, 3.63) is 24.0 Å². The zero-order valence-corrected chi connectivity index (χ0v) is 9.32. The highest BCUT2D eigenvalue weighted by molar-refractivity contribution is 7.99. The third kappa shape index (κ3) is 3.11. The van der Waals surface area contributed by atoms with Crippen LogP contribution >= 0.6 is 11.8 Å². The lowest BCUT2D eigenvalue weighted by atomic mass is 10.3. The minimum absolute atomic E-state index is 0.253. The van der Waals surface area contributed by atoms with Crippen molar-refractivity contribution in [2.24, 2.45) is 0 Å². The van der Waals surface area contributed by atoms with E-state index >= 15 is 0 Å². The van der Waals surface area contributed by atoms with E-state index in [1.165, 1.54) is 25.0 Å². The molecule has 1 atom stereocenters. The van der Waals surface area contributed by atoms with Crippen molar-refractivity contribution in [1.29, 1.82) is 0 Å². The van der Waals surface area contributed by atoms with Crippen molar-refractivity contribution in [2.75, 3.05) is 18.0 Å². The van der Waals surface area contributed by atoms with E-state index < -0.39 is 0 Å². The summed E-state index contributed by atoms with van der Waals surface area (Å²) in [6.07, 6.45) is 2.47. The van der Waals surface area contributed by atoms with Gasteiger partial charge in [0, 0.05) is 22.4 Å². The Balaban J connectivity index is 1.92. The Morgan fingerprint density at radius 2 is 2.33 bits per heavy atom. The normalized spacial score (nSPS) is 20.7. The van der Waals surface area contributed by atoms with E-state index in [9.17, 15) is 4.39 Å². The third-order valence-electron chi connectivity index (χ3n) is 2.51. The van der Waals surface area contributed by atoms with Crippen LogP contribution in [-0.4, -0.2) is 18.3 Å². The molecule has 0 radical (unpaired) electrons. The van der Waals surface area contributed by atoms with Crippen molar-refractivity contribution in [2.45, 2.75) is 23.8 Å². The van der Waals surface area contributed by atoms with Crippen LogP contribution in [0.3, 0.4) is 0 Å². The molecule has 4 heteroatoms. The summed E-state index contributed by atoms with van der Waals surface area (Å²) in [4.78, 5) is 0.918. The predicted molar refractivity (Wildman–Crippen MR) is 62.6 cm³/mol. The van der Waals surface area contributed by atoms with E-state index in [1.54, 1.807) is 11.8 Å². The van der Waals surface area contributed by atoms with Crippen LogP contribution in [0.15, 0.2) is 23.1 Å². The molecule has 0 aliphatic carbocycles. The van der Waals surface area contributed by atoms with Crippen LogP contribution in [0.25, 0.3) is 0 Å². The number of hydrogen-bond donors (Lipinski definition) is 2. The molecule has 1 aliphatic heterocycles. The Bertz CT molecular complexity index is 317. The predicted octanol–water partition coefficient (Wildman–Crippen LogP) is 2.25. The first-order chi connectivity index (χ1) is 7.24. The van der Waals surface area contributed by atoms with Crippen LogP contribution in [0, 0.1) is 5.82 Å². The lowest BCUT2D eigenvalue weighted by molar-refractivity contribution is 0.625. The molecule has 1 heterocycles. The number of benzene rings is 1. The Morgan fingerprint density at radius 3 is 3.00 bits per heavy atom. The summed E-state index contributed by atoms with van der Waals surface area (Å²) in [5.41, 5.74) is 6.07. The fourth-order valence-corrected chi connectivity index (χ4v) is 2.86. The van der Waals surface area contributed by atoms with Crippen LogP contribution in [0.5, 0.6) is 0 Å². The summed E-state index contributed by atoms with van der Waals surface area (Å²) in [6, 6.07) is 5.27. The number of hydrogen-bond acceptors (Lipinski definition) is 3. The quantitative estimate of drug-likeness (QED) is 0.613. The Kier molecular flexibility index (Phi) is 3.49. The largest absolute Gasteiger partial charge is 0.399 e. The van der Waals surface area contributed by atoms with E-state index in [0.29, 0.717) is 11.7 Å². The summed E-state index contributed by atoms with van der Waals surface area (Å²) in [6.45, 7) is 1.11. The molecule has 1 aromatic carbocycles. The SMILES string of the molecule is Nc1cc(F)cc(SC[C@H]2CCCN2)c1. The maximum absolute atomic E-state index is 13.0. The van der Waals surface area contributed by atoms with Gasteiger partial charge in [0.15, 0.2) is 0 Å². The Labute approximate surface area is 93.4 Å². The van der Waals surface area contributed by atoms with E-state index in [0.717, 1.165) is 17.2 Å². The van der Waals surface area contributed by atoms with Crippen molar-refractivity contribution in [3.63, 3.8) is 0 Å².